The number of piperazine rings is 1. The SMILES string of the molecule is CC(=O)c1ncn(-c2nc(C(F)(F)F)ncc2-c2nc(C(F)(F)F)sc2N2CCN(C(C)=O)[C@@H](CO)C2)n1. The highest BCUT2D eigenvalue weighted by molar-refractivity contribution is 7.16. The molecule has 0 aromatic carbocycles. The van der Waals surface area contributed by atoms with E-state index in [1.165, 1.54) is 16.7 Å². The molecule has 0 radical (unpaired) electrons. The molecule has 4 rings (SSSR count). The second kappa shape index (κ2) is 9.90. The summed E-state index contributed by atoms with van der Waals surface area (Å²) >= 11 is 0.241. The van der Waals surface area contributed by atoms with Crippen molar-refractivity contribution in [1.29, 1.82) is 0 Å². The van der Waals surface area contributed by atoms with Crippen LogP contribution in [0.15, 0.2) is 12.5 Å². The van der Waals surface area contributed by atoms with Crippen LogP contribution in [-0.4, -0.2) is 83.7 Å². The van der Waals surface area contributed by atoms with Crippen LogP contribution in [0.1, 0.15) is 35.3 Å². The zero-order valence-corrected chi connectivity index (χ0v) is 20.4. The van der Waals surface area contributed by atoms with Crippen LogP contribution in [0.5, 0.6) is 0 Å². The standard InChI is InChI=1S/C20H18F6N8O3S/c1-9(36)14-28-8-34(31-14)15-12(5-27-17(30-15)19(21,22)23)13-16(38-18(29-13)20(24,25)26)32-3-4-33(10(2)37)11(6-32)7-35/h5,8,11,35H,3-4,6-7H2,1-2H3/t11-/m1/s1. The Morgan fingerprint density at radius 1 is 1.08 bits per heavy atom. The number of hydrogen-bond acceptors (Lipinski definition) is 10. The molecule has 1 saturated heterocycles. The van der Waals surface area contributed by atoms with E-state index in [-0.39, 0.29) is 59.0 Å². The van der Waals surface area contributed by atoms with Gasteiger partial charge in [0.25, 0.3) is 0 Å². The minimum absolute atomic E-state index is 0.0528. The van der Waals surface area contributed by atoms with Crippen molar-refractivity contribution in [2.45, 2.75) is 32.2 Å². The monoisotopic (exact) mass is 564 g/mol. The van der Waals surface area contributed by atoms with Crippen LogP contribution >= 0.6 is 11.3 Å². The van der Waals surface area contributed by atoms with Crippen LogP contribution in [0, 0.1) is 0 Å². The highest BCUT2D eigenvalue weighted by Gasteiger charge is 2.40. The van der Waals surface area contributed by atoms with E-state index in [9.17, 15) is 41.0 Å². The summed E-state index contributed by atoms with van der Waals surface area (Å²) in [6, 6.07) is -0.748. The molecule has 38 heavy (non-hydrogen) atoms. The smallest absolute Gasteiger partial charge is 0.394 e. The van der Waals surface area contributed by atoms with E-state index in [0.717, 1.165) is 17.9 Å². The number of carbonyl (C=O) groups is 2. The summed E-state index contributed by atoms with van der Waals surface area (Å²) in [5, 5.41) is 12.2. The summed E-state index contributed by atoms with van der Waals surface area (Å²) in [6.45, 7) is 1.98. The van der Waals surface area contributed by atoms with Gasteiger partial charge in [0.2, 0.25) is 22.6 Å². The largest absolute Gasteiger partial charge is 0.451 e. The molecule has 4 heterocycles. The van der Waals surface area contributed by atoms with Crippen molar-refractivity contribution < 1.29 is 41.0 Å². The molecule has 1 N–H and O–H groups in total. The van der Waals surface area contributed by atoms with Gasteiger partial charge in [0.05, 0.1) is 18.2 Å². The van der Waals surface area contributed by atoms with Gasteiger partial charge in [0, 0.05) is 39.7 Å². The number of carbonyl (C=O) groups excluding carboxylic acids is 2. The number of nitrogens with zero attached hydrogens (tertiary/aromatic N) is 8. The van der Waals surface area contributed by atoms with Gasteiger partial charge in [0.15, 0.2) is 11.6 Å². The first-order valence-corrected chi connectivity index (χ1v) is 11.6. The van der Waals surface area contributed by atoms with Gasteiger partial charge in [-0.05, 0) is 0 Å². The summed E-state index contributed by atoms with van der Waals surface area (Å²) < 4.78 is 82.1. The van der Waals surface area contributed by atoms with Crippen molar-refractivity contribution in [1.82, 2.24) is 34.6 Å². The molecule has 1 fully saturated rings. The van der Waals surface area contributed by atoms with Gasteiger partial charge in [-0.3, -0.25) is 9.59 Å². The molecule has 0 saturated carbocycles. The molecule has 0 bridgehead atoms. The van der Waals surface area contributed by atoms with E-state index < -0.39 is 47.4 Å². The Bertz CT molecular complexity index is 1370. The first-order valence-electron chi connectivity index (χ1n) is 10.8. The fourth-order valence-electron chi connectivity index (χ4n) is 3.81. The van der Waals surface area contributed by atoms with Gasteiger partial charge < -0.3 is 14.9 Å². The first kappa shape index (κ1) is 27.4. The van der Waals surface area contributed by atoms with Crippen LogP contribution in [0.25, 0.3) is 17.1 Å². The number of alkyl halides is 6. The van der Waals surface area contributed by atoms with Crippen LogP contribution < -0.4 is 4.90 Å². The molecule has 18 heteroatoms. The van der Waals surface area contributed by atoms with E-state index in [1.54, 1.807) is 0 Å². The third kappa shape index (κ3) is 5.31. The number of anilines is 1. The minimum Gasteiger partial charge on any atom is -0.394 e. The molecule has 1 amide bonds. The molecule has 1 aliphatic rings. The highest BCUT2D eigenvalue weighted by atomic mass is 32.1. The molecule has 204 valence electrons. The predicted octanol–water partition coefficient (Wildman–Crippen LogP) is 2.45. The lowest BCUT2D eigenvalue weighted by atomic mass is 10.1. The molecule has 0 unspecified atom stereocenters. The molecule has 1 aliphatic heterocycles. The molecular weight excluding hydrogens is 546 g/mol. The van der Waals surface area contributed by atoms with Crippen molar-refractivity contribution in [2.75, 3.05) is 31.1 Å². The van der Waals surface area contributed by atoms with Crippen molar-refractivity contribution in [3.8, 4) is 17.1 Å². The second-order valence-electron chi connectivity index (χ2n) is 8.16. The Balaban J connectivity index is 1.90. The van der Waals surface area contributed by atoms with E-state index in [2.05, 4.69) is 25.0 Å². The van der Waals surface area contributed by atoms with Crippen molar-refractivity contribution in [3.05, 3.63) is 29.2 Å². The zero-order valence-electron chi connectivity index (χ0n) is 19.6. The minimum atomic E-state index is -5.00. The number of aromatic nitrogens is 6. The lowest BCUT2D eigenvalue weighted by Gasteiger charge is -2.40. The number of halogens is 6. The van der Waals surface area contributed by atoms with Crippen molar-refractivity contribution >= 4 is 28.0 Å². The van der Waals surface area contributed by atoms with Gasteiger partial charge >= 0.3 is 12.4 Å². The van der Waals surface area contributed by atoms with E-state index >= 15 is 0 Å². The molecule has 11 nitrogen and oxygen atoms in total. The maximum Gasteiger partial charge on any atom is 0.451 e. The average Bonchev–Trinajstić information content (AvgIpc) is 3.50. The number of Topliss-reactive ketones (excluding diaryl/α,β-unsaturated/α-hetero) is 1. The van der Waals surface area contributed by atoms with Gasteiger partial charge in [0.1, 0.15) is 17.0 Å². The third-order valence-electron chi connectivity index (χ3n) is 5.54. The van der Waals surface area contributed by atoms with Crippen molar-refractivity contribution in [2.24, 2.45) is 0 Å². The van der Waals surface area contributed by atoms with Crippen LogP contribution in [-0.2, 0) is 17.1 Å². The number of ketones is 1. The van der Waals surface area contributed by atoms with Gasteiger partial charge in [-0.15, -0.1) is 5.10 Å². The number of rotatable bonds is 5. The normalized spacial score (nSPS) is 16.7. The quantitative estimate of drug-likeness (QED) is 0.367. The maximum atomic E-state index is 13.7. The average molecular weight is 564 g/mol. The second-order valence-corrected chi connectivity index (χ2v) is 9.14. The maximum absolute atomic E-state index is 13.7. The molecule has 3 aromatic heterocycles. The summed E-state index contributed by atoms with van der Waals surface area (Å²) in [5.41, 5.74) is -0.729. The highest BCUT2D eigenvalue weighted by Crippen LogP contribution is 2.44. The number of amides is 1. The molecule has 3 aromatic rings. The predicted molar refractivity (Wildman–Crippen MR) is 119 cm³/mol. The molecule has 0 aliphatic carbocycles. The summed E-state index contributed by atoms with van der Waals surface area (Å²) in [4.78, 5) is 40.5. The molecule has 0 spiro atoms. The Morgan fingerprint density at radius 3 is 2.34 bits per heavy atom. The number of aliphatic hydroxyl groups is 1. The Hall–Kier alpha value is -3.67. The number of thiazole rings is 1. The lowest BCUT2D eigenvalue weighted by molar-refractivity contribution is -0.145. The fraction of sp³-hybridized carbons (Fsp3) is 0.450. The van der Waals surface area contributed by atoms with Crippen LogP contribution in [0.3, 0.4) is 0 Å². The summed E-state index contributed by atoms with van der Waals surface area (Å²) in [7, 11) is 0. The van der Waals surface area contributed by atoms with Gasteiger partial charge in [-0.25, -0.2) is 24.6 Å². The summed E-state index contributed by atoms with van der Waals surface area (Å²) in [5.74, 6) is -3.51. The lowest BCUT2D eigenvalue weighted by Crippen LogP contribution is -2.56. The topological polar surface area (TPSA) is 130 Å². The third-order valence-corrected chi connectivity index (χ3v) is 6.70. The number of aliphatic hydroxyl groups excluding tert-OH is 1. The Kier molecular flexibility index (Phi) is 7.13. The van der Waals surface area contributed by atoms with Gasteiger partial charge in [-0.1, -0.05) is 11.3 Å². The van der Waals surface area contributed by atoms with Gasteiger partial charge in [-0.2, -0.15) is 26.3 Å². The number of hydrogen-bond donors (Lipinski definition) is 1. The Morgan fingerprint density at radius 2 is 1.79 bits per heavy atom. The molecule has 1 atom stereocenters. The van der Waals surface area contributed by atoms with Crippen molar-refractivity contribution in [3.63, 3.8) is 0 Å². The molecular formula is C20H18F6N8O3S. The van der Waals surface area contributed by atoms with E-state index in [4.69, 9.17) is 0 Å². The van der Waals surface area contributed by atoms with E-state index in [1.807, 2.05) is 0 Å². The first-order chi connectivity index (χ1) is 17.7. The Labute approximate surface area is 213 Å². The van der Waals surface area contributed by atoms with Crippen LogP contribution in [0.2, 0.25) is 0 Å². The van der Waals surface area contributed by atoms with Crippen LogP contribution in [0.4, 0.5) is 31.3 Å². The zero-order chi connectivity index (χ0) is 28.0. The summed E-state index contributed by atoms with van der Waals surface area (Å²) in [6.07, 6.45) is -8.32. The van der Waals surface area contributed by atoms with E-state index in [0.29, 0.717) is 6.20 Å². The fourth-order valence-corrected chi connectivity index (χ4v) is 4.79.